The first-order valence-corrected chi connectivity index (χ1v) is 8.12. The van der Waals surface area contributed by atoms with Crippen molar-refractivity contribution < 1.29 is 17.2 Å². The van der Waals surface area contributed by atoms with Crippen LogP contribution in [0.2, 0.25) is 0 Å². The van der Waals surface area contributed by atoms with Crippen LogP contribution in [0.3, 0.4) is 0 Å². The highest BCUT2D eigenvalue weighted by molar-refractivity contribution is 9.11. The minimum Gasteiger partial charge on any atom is -0.279 e. The van der Waals surface area contributed by atoms with Crippen LogP contribution in [0.15, 0.2) is 32.3 Å². The fourth-order valence-electron chi connectivity index (χ4n) is 1.33. The van der Waals surface area contributed by atoms with Crippen molar-refractivity contribution in [2.24, 2.45) is 0 Å². The van der Waals surface area contributed by atoms with E-state index in [2.05, 4.69) is 20.7 Å². The van der Waals surface area contributed by atoms with Crippen LogP contribution in [0.4, 0.5) is 14.5 Å². The number of nitrogens with one attached hydrogen (secondary N) is 1. The second-order valence-electron chi connectivity index (χ2n) is 3.76. The number of rotatable bonds is 3. The fraction of sp³-hybridized carbons (Fsp3) is 0.0909. The van der Waals surface area contributed by atoms with Gasteiger partial charge in [0.2, 0.25) is 0 Å². The maximum Gasteiger partial charge on any atom is 0.271 e. The predicted octanol–water partition coefficient (Wildman–Crippen LogP) is 3.90. The number of anilines is 1. The molecule has 0 aliphatic carbocycles. The van der Waals surface area contributed by atoms with Gasteiger partial charge in [0.05, 0.1) is 9.47 Å². The van der Waals surface area contributed by atoms with Gasteiger partial charge in [-0.2, -0.15) is 0 Å². The third kappa shape index (κ3) is 3.13. The summed E-state index contributed by atoms with van der Waals surface area (Å²) >= 11 is 4.28. The zero-order chi connectivity index (χ0) is 14.2. The Labute approximate surface area is 121 Å². The number of thiophene rings is 1. The minimum atomic E-state index is -3.80. The van der Waals surface area contributed by atoms with Gasteiger partial charge in [0.1, 0.15) is 4.21 Å². The van der Waals surface area contributed by atoms with Crippen molar-refractivity contribution in [2.45, 2.75) is 11.1 Å². The maximum atomic E-state index is 13.0. The number of hydrogen-bond donors (Lipinski definition) is 1. The molecule has 0 bridgehead atoms. The molecule has 0 radical (unpaired) electrons. The molecule has 8 heteroatoms. The molecule has 0 spiro atoms. The second-order valence-corrected chi connectivity index (χ2v) is 8.04. The van der Waals surface area contributed by atoms with Crippen molar-refractivity contribution in [1.82, 2.24) is 0 Å². The lowest BCUT2D eigenvalue weighted by Crippen LogP contribution is -2.11. The van der Waals surface area contributed by atoms with E-state index in [9.17, 15) is 17.2 Å². The van der Waals surface area contributed by atoms with Gasteiger partial charge in [-0.15, -0.1) is 11.3 Å². The standard InChI is InChI=1S/C11H8BrF2NO2S2/c1-6-4-10(18-11(6)12)19(16,17)15-7-2-3-8(13)9(14)5-7/h2-5,15H,1H3. The van der Waals surface area contributed by atoms with Gasteiger partial charge in [0.25, 0.3) is 10.0 Å². The van der Waals surface area contributed by atoms with Crippen LogP contribution in [0.1, 0.15) is 5.56 Å². The van der Waals surface area contributed by atoms with Crippen molar-refractivity contribution in [1.29, 1.82) is 0 Å². The van der Waals surface area contributed by atoms with Crippen LogP contribution in [-0.4, -0.2) is 8.42 Å². The van der Waals surface area contributed by atoms with Gasteiger partial charge in [-0.1, -0.05) is 0 Å². The van der Waals surface area contributed by atoms with Crippen molar-refractivity contribution in [2.75, 3.05) is 4.72 Å². The Morgan fingerprint density at radius 2 is 1.89 bits per heavy atom. The quantitative estimate of drug-likeness (QED) is 0.893. The third-order valence-electron chi connectivity index (χ3n) is 2.27. The highest BCUT2D eigenvalue weighted by atomic mass is 79.9. The van der Waals surface area contributed by atoms with E-state index in [0.29, 0.717) is 3.79 Å². The topological polar surface area (TPSA) is 46.2 Å². The van der Waals surface area contributed by atoms with Crippen LogP contribution >= 0.6 is 27.3 Å². The molecule has 0 aliphatic heterocycles. The van der Waals surface area contributed by atoms with Crippen LogP contribution in [0.5, 0.6) is 0 Å². The van der Waals surface area contributed by atoms with Gasteiger partial charge in [-0.3, -0.25) is 4.72 Å². The monoisotopic (exact) mass is 367 g/mol. The molecule has 2 rings (SSSR count). The SMILES string of the molecule is Cc1cc(S(=O)(=O)Nc2ccc(F)c(F)c2)sc1Br. The first-order valence-electron chi connectivity index (χ1n) is 5.03. The lowest BCUT2D eigenvalue weighted by Gasteiger charge is -2.06. The molecule has 0 unspecified atom stereocenters. The Kier molecular flexibility index (Phi) is 3.93. The van der Waals surface area contributed by atoms with E-state index in [1.165, 1.54) is 6.07 Å². The molecule has 1 heterocycles. The predicted molar refractivity (Wildman–Crippen MR) is 73.9 cm³/mol. The summed E-state index contributed by atoms with van der Waals surface area (Å²) < 4.78 is 52.8. The normalized spacial score (nSPS) is 11.6. The van der Waals surface area contributed by atoms with E-state index < -0.39 is 21.7 Å². The molecule has 1 aromatic heterocycles. The summed E-state index contributed by atoms with van der Waals surface area (Å²) in [5.74, 6) is -2.14. The van der Waals surface area contributed by atoms with E-state index in [4.69, 9.17) is 0 Å². The smallest absolute Gasteiger partial charge is 0.271 e. The Morgan fingerprint density at radius 3 is 2.42 bits per heavy atom. The van der Waals surface area contributed by atoms with E-state index in [1.54, 1.807) is 6.92 Å². The number of halogens is 3. The van der Waals surface area contributed by atoms with Gasteiger partial charge in [0.15, 0.2) is 11.6 Å². The molecule has 3 nitrogen and oxygen atoms in total. The molecule has 0 amide bonds. The van der Waals surface area contributed by atoms with Gasteiger partial charge in [-0.25, -0.2) is 17.2 Å². The van der Waals surface area contributed by atoms with Crippen molar-refractivity contribution in [3.63, 3.8) is 0 Å². The third-order valence-corrected chi connectivity index (χ3v) is 6.26. The second kappa shape index (κ2) is 5.18. The summed E-state index contributed by atoms with van der Waals surface area (Å²) in [5, 5.41) is 0. The summed E-state index contributed by atoms with van der Waals surface area (Å²) in [6.45, 7) is 1.76. The number of hydrogen-bond acceptors (Lipinski definition) is 3. The fourth-order valence-corrected chi connectivity index (χ4v) is 4.60. The molecule has 102 valence electrons. The summed E-state index contributed by atoms with van der Waals surface area (Å²) in [6, 6.07) is 4.31. The summed E-state index contributed by atoms with van der Waals surface area (Å²) in [7, 11) is -3.80. The number of benzene rings is 1. The molecule has 1 aromatic carbocycles. The van der Waals surface area contributed by atoms with E-state index in [0.717, 1.165) is 35.1 Å². The van der Waals surface area contributed by atoms with Crippen LogP contribution in [0, 0.1) is 18.6 Å². The van der Waals surface area contributed by atoms with Crippen molar-refractivity contribution in [3.05, 3.63) is 45.2 Å². The maximum absolute atomic E-state index is 13.0. The Bertz CT molecular complexity index is 709. The Balaban J connectivity index is 2.33. The van der Waals surface area contributed by atoms with E-state index in [-0.39, 0.29) is 9.90 Å². The summed E-state index contributed by atoms with van der Waals surface area (Å²) in [6.07, 6.45) is 0. The van der Waals surface area contributed by atoms with Gasteiger partial charge >= 0.3 is 0 Å². The van der Waals surface area contributed by atoms with Gasteiger partial charge < -0.3 is 0 Å². The zero-order valence-corrected chi connectivity index (χ0v) is 12.8. The average Bonchev–Trinajstić information content (AvgIpc) is 2.65. The molecule has 2 aromatic rings. The molecule has 0 saturated heterocycles. The van der Waals surface area contributed by atoms with Crippen LogP contribution < -0.4 is 4.72 Å². The molecule has 19 heavy (non-hydrogen) atoms. The van der Waals surface area contributed by atoms with Crippen LogP contribution in [-0.2, 0) is 10.0 Å². The van der Waals surface area contributed by atoms with E-state index in [1.807, 2.05) is 0 Å². The Hall–Kier alpha value is -0.990. The molecular formula is C11H8BrF2NO2S2. The minimum absolute atomic E-state index is 0.0268. The van der Waals surface area contributed by atoms with Crippen LogP contribution in [0.25, 0.3) is 0 Å². The average molecular weight is 368 g/mol. The molecule has 0 atom stereocenters. The summed E-state index contributed by atoms with van der Waals surface area (Å²) in [4.78, 5) is 0. The summed E-state index contributed by atoms with van der Waals surface area (Å²) in [5.41, 5.74) is 0.761. The first-order chi connectivity index (χ1) is 8.79. The highest BCUT2D eigenvalue weighted by Gasteiger charge is 2.19. The Morgan fingerprint density at radius 1 is 1.21 bits per heavy atom. The largest absolute Gasteiger partial charge is 0.279 e. The highest BCUT2D eigenvalue weighted by Crippen LogP contribution is 2.31. The molecule has 1 N–H and O–H groups in total. The van der Waals surface area contributed by atoms with E-state index >= 15 is 0 Å². The molecule has 0 saturated carbocycles. The number of sulfonamides is 1. The van der Waals surface area contributed by atoms with Crippen molar-refractivity contribution in [3.8, 4) is 0 Å². The number of aryl methyl sites for hydroxylation is 1. The lowest BCUT2D eigenvalue weighted by molar-refractivity contribution is 0.509. The first kappa shape index (κ1) is 14.4. The molecule has 0 fully saturated rings. The van der Waals surface area contributed by atoms with Crippen molar-refractivity contribution >= 4 is 43.0 Å². The molecule has 0 aliphatic rings. The zero-order valence-electron chi connectivity index (χ0n) is 9.58. The lowest BCUT2D eigenvalue weighted by atomic mass is 10.3. The van der Waals surface area contributed by atoms with Gasteiger partial charge in [-0.05, 0) is 46.6 Å². The van der Waals surface area contributed by atoms with Gasteiger partial charge in [0, 0.05) is 6.07 Å². The molecular weight excluding hydrogens is 360 g/mol.